The van der Waals surface area contributed by atoms with Crippen LogP contribution in [0.2, 0.25) is 5.02 Å². The molecule has 3 rings (SSSR count). The lowest BCUT2D eigenvalue weighted by Crippen LogP contribution is -2.44. The molecule has 2 aromatic rings. The Labute approximate surface area is 149 Å². The Hall–Kier alpha value is -2.45. The summed E-state index contributed by atoms with van der Waals surface area (Å²) in [6.07, 6.45) is 1.44. The van der Waals surface area contributed by atoms with E-state index in [1.165, 1.54) is 6.20 Å². The van der Waals surface area contributed by atoms with Gasteiger partial charge in [-0.3, -0.25) is 4.79 Å². The number of carboxylic acid groups (broad SMARTS) is 1. The van der Waals surface area contributed by atoms with Crippen molar-refractivity contribution in [2.75, 3.05) is 31.1 Å². The van der Waals surface area contributed by atoms with Crippen LogP contribution >= 0.6 is 11.6 Å². The maximum atomic E-state index is 13.8. The second-order valence-electron chi connectivity index (χ2n) is 5.09. The van der Waals surface area contributed by atoms with Gasteiger partial charge in [0.2, 0.25) is 0 Å². The van der Waals surface area contributed by atoms with E-state index in [4.69, 9.17) is 26.2 Å². The first-order chi connectivity index (χ1) is 12.1. The predicted molar refractivity (Wildman–Crippen MR) is 91.5 cm³/mol. The molecule has 0 radical (unpaired) electrons. The van der Waals surface area contributed by atoms with Crippen molar-refractivity contribution < 1.29 is 19.0 Å². The summed E-state index contributed by atoms with van der Waals surface area (Å²) in [4.78, 5) is 18.4. The number of ether oxygens (including phenoxy) is 1. The number of carbonyl (C=O) groups is 1. The Kier molecular flexibility index (Phi) is 7.36. The molecule has 1 aromatic carbocycles. The highest BCUT2D eigenvalue weighted by molar-refractivity contribution is 6.30. The van der Waals surface area contributed by atoms with Crippen LogP contribution in [0.3, 0.4) is 0 Å². The fraction of sp³-hybridized carbons (Fsp3) is 0.312. The Bertz CT molecular complexity index is 699. The number of aromatic nitrogens is 2. The van der Waals surface area contributed by atoms with Gasteiger partial charge in [-0.25, -0.2) is 4.98 Å². The number of hydrogen-bond donors (Lipinski definition) is 2. The minimum Gasteiger partial charge on any atom is -0.483 e. The van der Waals surface area contributed by atoms with Crippen molar-refractivity contribution in [2.45, 2.75) is 6.61 Å². The summed E-state index contributed by atoms with van der Waals surface area (Å²) in [5.41, 5.74) is 0.848. The van der Waals surface area contributed by atoms with Crippen LogP contribution in [0.4, 0.5) is 10.2 Å². The molecule has 2 heterocycles. The monoisotopic (exact) mass is 368 g/mol. The van der Waals surface area contributed by atoms with Crippen LogP contribution in [0.15, 0.2) is 30.5 Å². The molecule has 134 valence electrons. The van der Waals surface area contributed by atoms with Crippen molar-refractivity contribution in [1.82, 2.24) is 15.3 Å². The van der Waals surface area contributed by atoms with Crippen LogP contribution < -0.4 is 15.0 Å². The first-order valence-electron chi connectivity index (χ1n) is 7.57. The average molecular weight is 369 g/mol. The van der Waals surface area contributed by atoms with Gasteiger partial charge in [0, 0.05) is 31.2 Å². The minimum atomic E-state index is -0.707. The molecule has 0 bridgehead atoms. The van der Waals surface area contributed by atoms with Gasteiger partial charge in [0.05, 0.1) is 6.20 Å². The average Bonchev–Trinajstić information content (AvgIpc) is 2.62. The van der Waals surface area contributed by atoms with E-state index in [-0.39, 0.29) is 19.0 Å². The molecule has 7 nitrogen and oxygen atoms in total. The standard InChI is InChI=1S/C15H16ClFN4O.CH2O2/c16-12-3-1-2-11(8-12)10-22-15-14(17)19-9-13(20-15)21-6-4-18-5-7-21;2-1-3/h1-3,8-9,18H,4-7,10H2;1H,(H,2,3). The van der Waals surface area contributed by atoms with Gasteiger partial charge in [-0.2, -0.15) is 9.37 Å². The summed E-state index contributed by atoms with van der Waals surface area (Å²) >= 11 is 5.91. The minimum absolute atomic E-state index is 0.0870. The second kappa shape index (κ2) is 9.75. The van der Waals surface area contributed by atoms with Gasteiger partial charge in [0.1, 0.15) is 6.61 Å². The molecule has 0 unspecified atom stereocenters. The lowest BCUT2D eigenvalue weighted by atomic mass is 10.2. The Morgan fingerprint density at radius 1 is 1.40 bits per heavy atom. The molecular formula is C16H18ClFN4O3. The van der Waals surface area contributed by atoms with Gasteiger partial charge >= 0.3 is 0 Å². The molecule has 1 aromatic heterocycles. The zero-order valence-corrected chi connectivity index (χ0v) is 14.1. The topological polar surface area (TPSA) is 87.6 Å². The number of anilines is 1. The number of nitrogens with one attached hydrogen (secondary N) is 1. The van der Waals surface area contributed by atoms with Crippen LogP contribution in [-0.4, -0.2) is 47.7 Å². The summed E-state index contributed by atoms with van der Waals surface area (Å²) in [5.74, 6) is -0.166. The number of rotatable bonds is 4. The van der Waals surface area contributed by atoms with Gasteiger partial charge in [-0.05, 0) is 17.7 Å². The SMILES string of the molecule is Fc1ncc(N2CCNCC2)nc1OCc1cccc(Cl)c1.O=CO. The summed E-state index contributed by atoms with van der Waals surface area (Å²) in [6, 6.07) is 7.22. The van der Waals surface area contributed by atoms with E-state index in [1.807, 2.05) is 12.1 Å². The van der Waals surface area contributed by atoms with Gasteiger partial charge in [-0.1, -0.05) is 23.7 Å². The van der Waals surface area contributed by atoms with Crippen LogP contribution in [0.25, 0.3) is 0 Å². The van der Waals surface area contributed by atoms with Crippen molar-refractivity contribution in [1.29, 1.82) is 0 Å². The first kappa shape index (κ1) is 18.9. The van der Waals surface area contributed by atoms with E-state index in [0.717, 1.165) is 31.7 Å². The molecule has 0 atom stereocenters. The van der Waals surface area contributed by atoms with Crippen LogP contribution in [0.5, 0.6) is 5.88 Å². The molecule has 1 fully saturated rings. The van der Waals surface area contributed by atoms with Crippen LogP contribution in [-0.2, 0) is 11.4 Å². The predicted octanol–water partition coefficient (Wildman–Crippen LogP) is 1.96. The molecule has 25 heavy (non-hydrogen) atoms. The van der Waals surface area contributed by atoms with Crippen molar-refractivity contribution in [3.05, 3.63) is 47.0 Å². The molecule has 1 saturated heterocycles. The summed E-state index contributed by atoms with van der Waals surface area (Å²) in [6.45, 7) is 3.31. The van der Waals surface area contributed by atoms with Crippen molar-refractivity contribution >= 4 is 23.9 Å². The number of piperazine rings is 1. The zero-order valence-electron chi connectivity index (χ0n) is 13.4. The highest BCUT2D eigenvalue weighted by Crippen LogP contribution is 2.19. The van der Waals surface area contributed by atoms with E-state index in [1.54, 1.807) is 12.1 Å². The van der Waals surface area contributed by atoms with Crippen molar-refractivity contribution in [3.63, 3.8) is 0 Å². The van der Waals surface area contributed by atoms with Crippen molar-refractivity contribution in [3.8, 4) is 5.88 Å². The third-order valence-corrected chi connectivity index (χ3v) is 3.63. The molecule has 0 spiro atoms. The van der Waals surface area contributed by atoms with Gasteiger partial charge in [0.25, 0.3) is 18.3 Å². The molecule has 0 saturated carbocycles. The maximum Gasteiger partial charge on any atom is 0.290 e. The third kappa shape index (κ3) is 5.84. The normalized spacial score (nSPS) is 13.6. The first-order valence-corrected chi connectivity index (χ1v) is 7.95. The largest absolute Gasteiger partial charge is 0.483 e. The molecule has 9 heteroatoms. The van der Waals surface area contributed by atoms with Crippen molar-refractivity contribution in [2.24, 2.45) is 0 Å². The number of benzene rings is 1. The van der Waals surface area contributed by atoms with E-state index < -0.39 is 5.95 Å². The summed E-state index contributed by atoms with van der Waals surface area (Å²) < 4.78 is 19.2. The number of nitrogens with zero attached hydrogens (tertiary/aromatic N) is 3. The maximum absolute atomic E-state index is 13.8. The molecule has 0 amide bonds. The Balaban J connectivity index is 0.000000701. The third-order valence-electron chi connectivity index (χ3n) is 3.39. The Morgan fingerprint density at radius 3 is 2.80 bits per heavy atom. The Morgan fingerprint density at radius 2 is 2.12 bits per heavy atom. The second-order valence-corrected chi connectivity index (χ2v) is 5.52. The smallest absolute Gasteiger partial charge is 0.290 e. The van der Waals surface area contributed by atoms with Crippen LogP contribution in [0.1, 0.15) is 5.56 Å². The number of hydrogen-bond acceptors (Lipinski definition) is 6. The van der Waals surface area contributed by atoms with Crippen LogP contribution in [0, 0.1) is 5.95 Å². The van der Waals surface area contributed by atoms with Gasteiger partial charge in [0.15, 0.2) is 5.82 Å². The fourth-order valence-electron chi connectivity index (χ4n) is 2.27. The fourth-order valence-corrected chi connectivity index (χ4v) is 2.48. The summed E-state index contributed by atoms with van der Waals surface area (Å²) in [7, 11) is 0. The van der Waals surface area contributed by atoms with E-state index in [2.05, 4.69) is 20.2 Å². The molecule has 1 aliphatic rings. The van der Waals surface area contributed by atoms with E-state index in [0.29, 0.717) is 10.8 Å². The van der Waals surface area contributed by atoms with Gasteiger partial charge < -0.3 is 20.1 Å². The zero-order chi connectivity index (χ0) is 18.1. The molecule has 0 aliphatic carbocycles. The lowest BCUT2D eigenvalue weighted by molar-refractivity contribution is -0.122. The molecular weight excluding hydrogens is 351 g/mol. The number of halogens is 2. The van der Waals surface area contributed by atoms with E-state index >= 15 is 0 Å². The molecule has 2 N–H and O–H groups in total. The highest BCUT2D eigenvalue weighted by Gasteiger charge is 2.16. The quantitative estimate of drug-likeness (QED) is 0.797. The lowest BCUT2D eigenvalue weighted by Gasteiger charge is -2.28. The molecule has 1 aliphatic heterocycles. The van der Waals surface area contributed by atoms with Gasteiger partial charge in [-0.15, -0.1) is 0 Å². The highest BCUT2D eigenvalue weighted by atomic mass is 35.5. The van der Waals surface area contributed by atoms with E-state index in [9.17, 15) is 4.39 Å². The summed E-state index contributed by atoms with van der Waals surface area (Å²) in [5, 5.41) is 10.8.